The summed E-state index contributed by atoms with van der Waals surface area (Å²) in [5.41, 5.74) is 11.9. The molecule has 0 spiro atoms. The van der Waals surface area contributed by atoms with Crippen molar-refractivity contribution in [2.75, 3.05) is 4.90 Å². The molecule has 0 aliphatic rings. The third kappa shape index (κ3) is 5.21. The summed E-state index contributed by atoms with van der Waals surface area (Å²) in [7, 11) is 0. The van der Waals surface area contributed by atoms with Crippen LogP contribution in [-0.2, 0) is 5.41 Å². The number of anilines is 3. The fourth-order valence-corrected chi connectivity index (χ4v) is 8.04. The minimum Gasteiger partial charge on any atom is -0.311 e. The second-order valence-corrected chi connectivity index (χ2v) is 15.1. The fourth-order valence-electron chi connectivity index (χ4n) is 8.04. The zero-order valence-corrected chi connectivity index (χ0v) is 30.5. The van der Waals surface area contributed by atoms with Crippen LogP contribution in [0.5, 0.6) is 0 Å². The summed E-state index contributed by atoms with van der Waals surface area (Å²) in [6.07, 6.45) is 1.91. The first kappa shape index (κ1) is 31.9. The quantitative estimate of drug-likeness (QED) is 0.168. The van der Waals surface area contributed by atoms with Crippen molar-refractivity contribution in [2.45, 2.75) is 26.2 Å². The lowest BCUT2D eigenvalue weighted by Gasteiger charge is -2.26. The number of rotatable bonds is 5. The van der Waals surface area contributed by atoms with Crippen molar-refractivity contribution >= 4 is 71.4 Å². The van der Waals surface area contributed by atoms with Crippen LogP contribution in [0, 0.1) is 0 Å². The lowest BCUT2D eigenvalue weighted by Crippen LogP contribution is -2.10. The molecule has 2 heterocycles. The maximum Gasteiger partial charge on any atom is 0.0979 e. The van der Waals surface area contributed by atoms with Gasteiger partial charge in [0.15, 0.2) is 0 Å². The van der Waals surface area contributed by atoms with E-state index in [0.717, 1.165) is 55.8 Å². The molecule has 0 bridgehead atoms. The monoisotopic (exact) mass is 694 g/mol. The Labute approximate surface area is 314 Å². The normalized spacial score (nSPS) is 12.0. The summed E-state index contributed by atoms with van der Waals surface area (Å²) in [6.45, 7) is 6.83. The Bertz CT molecular complexity index is 2970. The van der Waals surface area contributed by atoms with Crippen LogP contribution in [0.2, 0.25) is 0 Å². The van der Waals surface area contributed by atoms with Gasteiger partial charge in [0.1, 0.15) is 0 Å². The third-order valence-corrected chi connectivity index (χ3v) is 10.8. The van der Waals surface area contributed by atoms with Gasteiger partial charge in [0.25, 0.3) is 0 Å². The Hall–Kier alpha value is -6.78. The van der Waals surface area contributed by atoms with Crippen molar-refractivity contribution in [3.63, 3.8) is 0 Å². The van der Waals surface area contributed by atoms with E-state index in [1.165, 1.54) is 38.1 Å². The van der Waals surface area contributed by atoms with Crippen molar-refractivity contribution in [3.8, 4) is 16.9 Å². The second kappa shape index (κ2) is 12.4. The second-order valence-electron chi connectivity index (χ2n) is 15.1. The molecule has 0 saturated carbocycles. The lowest BCUT2D eigenvalue weighted by atomic mass is 9.86. The molecule has 0 aliphatic heterocycles. The van der Waals surface area contributed by atoms with E-state index in [4.69, 9.17) is 9.97 Å². The number of para-hydroxylation sites is 2. The van der Waals surface area contributed by atoms with Crippen LogP contribution in [0.25, 0.3) is 71.3 Å². The van der Waals surface area contributed by atoms with Gasteiger partial charge in [-0.05, 0) is 88.5 Å². The first-order chi connectivity index (χ1) is 26.4. The molecule has 0 saturated heterocycles. The highest BCUT2D eigenvalue weighted by atomic mass is 15.1. The molecule has 0 aliphatic carbocycles. The van der Waals surface area contributed by atoms with Gasteiger partial charge in [-0.15, -0.1) is 0 Å². The highest BCUT2D eigenvalue weighted by Crippen LogP contribution is 2.39. The minimum atomic E-state index is 0.0746. The van der Waals surface area contributed by atoms with E-state index in [0.29, 0.717) is 0 Å². The molecule has 10 aromatic rings. The fraction of sp³-hybridized carbons (Fsp3) is 0.0800. The molecule has 4 nitrogen and oxygen atoms in total. The van der Waals surface area contributed by atoms with Crippen LogP contribution in [0.1, 0.15) is 26.3 Å². The summed E-state index contributed by atoms with van der Waals surface area (Å²) in [5.74, 6) is 0. The SMILES string of the molecule is CC(C)(C)c1ccc2c(c1)c1ccccc1n2-c1ccc(N(c2ccccc2)c2ccc(-c3cnc4c5ccccc5c5ccccc5c4n3)cc2)cc1. The molecule has 54 heavy (non-hydrogen) atoms. The molecule has 0 fully saturated rings. The van der Waals surface area contributed by atoms with E-state index >= 15 is 0 Å². The third-order valence-electron chi connectivity index (χ3n) is 10.8. The average molecular weight is 695 g/mol. The van der Waals surface area contributed by atoms with Crippen LogP contribution >= 0.6 is 0 Å². The van der Waals surface area contributed by atoms with Crippen molar-refractivity contribution < 1.29 is 0 Å². The van der Waals surface area contributed by atoms with Crippen LogP contribution in [0.3, 0.4) is 0 Å². The lowest BCUT2D eigenvalue weighted by molar-refractivity contribution is 0.591. The van der Waals surface area contributed by atoms with E-state index in [1.54, 1.807) is 0 Å². The van der Waals surface area contributed by atoms with Gasteiger partial charge in [0.05, 0.1) is 34.0 Å². The van der Waals surface area contributed by atoms with Crippen LogP contribution < -0.4 is 4.90 Å². The van der Waals surface area contributed by atoms with Crippen molar-refractivity contribution in [1.82, 2.24) is 14.5 Å². The highest BCUT2D eigenvalue weighted by molar-refractivity contribution is 6.23. The minimum absolute atomic E-state index is 0.0746. The van der Waals surface area contributed by atoms with E-state index in [-0.39, 0.29) is 5.41 Å². The molecule has 0 radical (unpaired) electrons. The van der Waals surface area contributed by atoms with Crippen LogP contribution in [0.4, 0.5) is 17.1 Å². The molecule has 0 N–H and O–H groups in total. The Balaban J connectivity index is 1.04. The first-order valence-electron chi connectivity index (χ1n) is 18.6. The van der Waals surface area contributed by atoms with Gasteiger partial charge in [0.2, 0.25) is 0 Å². The number of hydrogen-bond acceptors (Lipinski definition) is 3. The van der Waals surface area contributed by atoms with Crippen molar-refractivity contribution in [3.05, 3.63) is 182 Å². The van der Waals surface area contributed by atoms with Crippen molar-refractivity contribution in [1.29, 1.82) is 0 Å². The number of benzene rings is 8. The van der Waals surface area contributed by atoms with Gasteiger partial charge in [-0.25, -0.2) is 4.98 Å². The number of hydrogen-bond donors (Lipinski definition) is 0. The maximum absolute atomic E-state index is 5.23. The number of aromatic nitrogens is 3. The smallest absolute Gasteiger partial charge is 0.0979 e. The summed E-state index contributed by atoms with van der Waals surface area (Å²) in [4.78, 5) is 12.5. The van der Waals surface area contributed by atoms with Gasteiger partial charge in [-0.3, -0.25) is 4.98 Å². The summed E-state index contributed by atoms with van der Waals surface area (Å²) < 4.78 is 2.39. The van der Waals surface area contributed by atoms with Gasteiger partial charge >= 0.3 is 0 Å². The number of nitrogens with zero attached hydrogens (tertiary/aromatic N) is 4. The predicted octanol–water partition coefficient (Wildman–Crippen LogP) is 13.5. The Morgan fingerprint density at radius 3 is 1.67 bits per heavy atom. The van der Waals surface area contributed by atoms with E-state index in [2.05, 4.69) is 200 Å². The molecule has 0 atom stereocenters. The molecule has 0 unspecified atom stereocenters. The van der Waals surface area contributed by atoms with Crippen LogP contribution in [0.15, 0.2) is 176 Å². The molecule has 8 aromatic carbocycles. The van der Waals surface area contributed by atoms with E-state index in [9.17, 15) is 0 Å². The zero-order valence-electron chi connectivity index (χ0n) is 30.5. The molecular formula is C50H38N4. The zero-order chi connectivity index (χ0) is 36.4. The molecular weight excluding hydrogens is 657 g/mol. The molecule has 10 rings (SSSR count). The van der Waals surface area contributed by atoms with Crippen molar-refractivity contribution in [2.24, 2.45) is 0 Å². The Morgan fingerprint density at radius 1 is 0.463 bits per heavy atom. The highest BCUT2D eigenvalue weighted by Gasteiger charge is 2.19. The van der Waals surface area contributed by atoms with Crippen LogP contribution in [-0.4, -0.2) is 14.5 Å². The van der Waals surface area contributed by atoms with E-state index in [1.807, 2.05) is 6.20 Å². The van der Waals surface area contributed by atoms with E-state index < -0.39 is 0 Å². The average Bonchev–Trinajstić information content (AvgIpc) is 3.55. The Kier molecular flexibility index (Phi) is 7.34. The van der Waals surface area contributed by atoms with Gasteiger partial charge < -0.3 is 9.47 Å². The first-order valence-corrected chi connectivity index (χ1v) is 18.6. The summed E-state index contributed by atoms with van der Waals surface area (Å²) in [6, 6.07) is 60.8. The predicted molar refractivity (Wildman–Crippen MR) is 228 cm³/mol. The standard InChI is InChI=1S/C50H38N4/c1-50(2,3)34-23-30-47-44(31-34)41-17-11-12-20-46(41)54(47)38-28-26-37(27-29-38)53(35-13-5-4-6-14-35)36-24-21-33(22-25-36)45-32-51-48-42-18-9-7-15-39(42)40-16-8-10-19-43(40)49(48)52-45/h4-32H,1-3H3. The largest absolute Gasteiger partial charge is 0.311 e. The van der Waals surface area contributed by atoms with Gasteiger partial charge in [-0.1, -0.05) is 124 Å². The maximum atomic E-state index is 5.23. The topological polar surface area (TPSA) is 34.0 Å². The molecule has 258 valence electrons. The molecule has 2 aromatic heterocycles. The molecule has 0 amide bonds. The van der Waals surface area contributed by atoms with Gasteiger partial charge in [-0.2, -0.15) is 0 Å². The summed E-state index contributed by atoms with van der Waals surface area (Å²) in [5, 5.41) is 7.19. The van der Waals surface area contributed by atoms with Gasteiger partial charge in [0, 0.05) is 49.9 Å². The molecule has 4 heteroatoms. The Morgan fingerprint density at radius 2 is 1.00 bits per heavy atom. The summed E-state index contributed by atoms with van der Waals surface area (Å²) >= 11 is 0. The number of fused-ring (bicyclic) bond motifs is 9.